The van der Waals surface area contributed by atoms with Crippen molar-refractivity contribution in [3.8, 4) is 0 Å². The van der Waals surface area contributed by atoms with E-state index >= 15 is 0 Å². The number of hydrogen-bond acceptors (Lipinski definition) is 5. The van der Waals surface area contributed by atoms with E-state index in [1.54, 1.807) is 12.1 Å². The van der Waals surface area contributed by atoms with Crippen molar-refractivity contribution in [1.29, 1.82) is 0 Å². The summed E-state index contributed by atoms with van der Waals surface area (Å²) in [5.74, 6) is -1.68. The van der Waals surface area contributed by atoms with Crippen LogP contribution in [0.4, 0.5) is 10.1 Å². The van der Waals surface area contributed by atoms with Crippen LogP contribution in [0.5, 0.6) is 0 Å². The van der Waals surface area contributed by atoms with Crippen molar-refractivity contribution in [2.75, 3.05) is 23.7 Å². The van der Waals surface area contributed by atoms with Crippen LogP contribution in [0.25, 0.3) is 6.08 Å². The molecular formula is C21H19BrFNO5S. The van der Waals surface area contributed by atoms with E-state index in [-0.39, 0.29) is 5.56 Å². The van der Waals surface area contributed by atoms with Crippen LogP contribution in [0.15, 0.2) is 46.9 Å². The molecule has 158 valence electrons. The third-order valence-electron chi connectivity index (χ3n) is 4.58. The van der Waals surface area contributed by atoms with E-state index in [9.17, 15) is 22.4 Å². The number of sulfonamides is 1. The van der Waals surface area contributed by atoms with E-state index in [2.05, 4.69) is 15.9 Å². The summed E-state index contributed by atoms with van der Waals surface area (Å²) in [6.45, 7) is -0.0691. The molecule has 0 aromatic heterocycles. The van der Waals surface area contributed by atoms with E-state index < -0.39 is 34.2 Å². The van der Waals surface area contributed by atoms with Crippen LogP contribution in [0.2, 0.25) is 0 Å². The van der Waals surface area contributed by atoms with Gasteiger partial charge in [0.25, 0.3) is 0 Å². The number of esters is 1. The van der Waals surface area contributed by atoms with Gasteiger partial charge in [-0.2, -0.15) is 0 Å². The van der Waals surface area contributed by atoms with E-state index in [0.29, 0.717) is 35.1 Å². The Morgan fingerprint density at radius 1 is 1.23 bits per heavy atom. The first-order valence-electron chi connectivity index (χ1n) is 9.09. The highest BCUT2D eigenvalue weighted by Crippen LogP contribution is 2.30. The maximum atomic E-state index is 13.7. The Labute approximate surface area is 182 Å². The van der Waals surface area contributed by atoms with Gasteiger partial charge in [-0.25, -0.2) is 17.6 Å². The standard InChI is InChI=1S/C21H19BrFNO5S/c1-30(27,28)24-10-2-3-15-11-16(4-8-19(15)24)20(25)13-29-21(26)9-5-14-12-17(22)6-7-18(14)23/h4-9,11-12H,2-3,10,13H2,1H3/b9-5+. The van der Waals surface area contributed by atoms with Gasteiger partial charge >= 0.3 is 5.97 Å². The molecular weight excluding hydrogens is 477 g/mol. The Bertz CT molecular complexity index is 1130. The van der Waals surface area contributed by atoms with Crippen molar-refractivity contribution in [3.63, 3.8) is 0 Å². The number of benzene rings is 2. The molecule has 0 fully saturated rings. The van der Waals surface area contributed by atoms with Crippen LogP contribution in [-0.4, -0.2) is 39.6 Å². The Morgan fingerprint density at radius 2 is 2.00 bits per heavy atom. The molecule has 0 radical (unpaired) electrons. The van der Waals surface area contributed by atoms with Gasteiger partial charge in [0.1, 0.15) is 5.82 Å². The minimum absolute atomic E-state index is 0.206. The second-order valence-electron chi connectivity index (χ2n) is 6.81. The molecule has 0 unspecified atom stereocenters. The first-order valence-corrected chi connectivity index (χ1v) is 11.7. The summed E-state index contributed by atoms with van der Waals surface area (Å²) in [7, 11) is -3.39. The van der Waals surface area contributed by atoms with Gasteiger partial charge in [0.05, 0.1) is 11.9 Å². The summed E-state index contributed by atoms with van der Waals surface area (Å²) in [4.78, 5) is 24.3. The number of anilines is 1. The molecule has 0 saturated carbocycles. The quantitative estimate of drug-likeness (QED) is 0.346. The van der Waals surface area contributed by atoms with Crippen molar-refractivity contribution in [1.82, 2.24) is 0 Å². The second kappa shape index (κ2) is 9.09. The number of fused-ring (bicyclic) bond motifs is 1. The van der Waals surface area contributed by atoms with Gasteiger partial charge in [-0.05, 0) is 60.9 Å². The van der Waals surface area contributed by atoms with Crippen LogP contribution in [0.1, 0.15) is 27.9 Å². The molecule has 3 rings (SSSR count). The van der Waals surface area contributed by atoms with Crippen LogP contribution in [0, 0.1) is 5.82 Å². The van der Waals surface area contributed by atoms with Crippen LogP contribution in [-0.2, 0) is 26.0 Å². The lowest BCUT2D eigenvalue weighted by Crippen LogP contribution is -2.34. The minimum Gasteiger partial charge on any atom is -0.454 e. The number of Topliss-reactive ketones (excluding diaryl/α,β-unsaturated/α-hetero) is 1. The molecule has 0 spiro atoms. The van der Waals surface area contributed by atoms with Crippen molar-refractivity contribution < 1.29 is 27.1 Å². The maximum absolute atomic E-state index is 13.7. The molecule has 1 heterocycles. The summed E-state index contributed by atoms with van der Waals surface area (Å²) in [6.07, 6.45) is 4.78. The van der Waals surface area contributed by atoms with Gasteiger partial charge in [-0.3, -0.25) is 9.10 Å². The van der Waals surface area contributed by atoms with Gasteiger partial charge in [0.2, 0.25) is 10.0 Å². The third-order valence-corrected chi connectivity index (χ3v) is 6.25. The van der Waals surface area contributed by atoms with E-state index in [1.807, 2.05) is 0 Å². The molecule has 0 N–H and O–H groups in total. The fourth-order valence-corrected chi connectivity index (χ4v) is 4.52. The molecule has 0 aliphatic carbocycles. The fourth-order valence-electron chi connectivity index (χ4n) is 3.15. The predicted octanol–water partition coefficient (Wildman–Crippen LogP) is 3.74. The van der Waals surface area contributed by atoms with Crippen LogP contribution < -0.4 is 4.31 Å². The van der Waals surface area contributed by atoms with Crippen molar-refractivity contribution >= 4 is 49.5 Å². The molecule has 30 heavy (non-hydrogen) atoms. The zero-order chi connectivity index (χ0) is 21.9. The number of nitrogens with zero attached hydrogens (tertiary/aromatic N) is 1. The number of rotatable bonds is 6. The van der Waals surface area contributed by atoms with Gasteiger partial charge in [0, 0.05) is 28.2 Å². The Kier molecular flexibility index (Phi) is 6.72. The third kappa shape index (κ3) is 5.34. The number of aryl methyl sites for hydroxylation is 1. The number of carbonyl (C=O) groups is 2. The number of carbonyl (C=O) groups excluding carboxylic acids is 2. The molecule has 2 aromatic carbocycles. The van der Waals surface area contributed by atoms with Crippen LogP contribution in [0.3, 0.4) is 0 Å². The van der Waals surface area contributed by atoms with Gasteiger partial charge in [0.15, 0.2) is 12.4 Å². The molecule has 0 amide bonds. The SMILES string of the molecule is CS(=O)(=O)N1CCCc2cc(C(=O)COC(=O)/C=C/c3cc(Br)ccc3F)ccc21. The van der Waals surface area contributed by atoms with E-state index in [1.165, 1.54) is 34.6 Å². The first-order chi connectivity index (χ1) is 14.1. The zero-order valence-electron chi connectivity index (χ0n) is 16.1. The predicted molar refractivity (Wildman–Crippen MR) is 115 cm³/mol. The second-order valence-corrected chi connectivity index (χ2v) is 9.63. The summed E-state index contributed by atoms with van der Waals surface area (Å²) in [6, 6.07) is 9.06. The Morgan fingerprint density at radius 3 is 2.73 bits per heavy atom. The lowest BCUT2D eigenvalue weighted by Gasteiger charge is -2.29. The summed E-state index contributed by atoms with van der Waals surface area (Å²) >= 11 is 3.22. The van der Waals surface area contributed by atoms with Crippen molar-refractivity contribution in [2.24, 2.45) is 0 Å². The minimum atomic E-state index is -3.39. The Hall–Kier alpha value is -2.52. The topological polar surface area (TPSA) is 80.8 Å². The Balaban J connectivity index is 1.64. The molecule has 1 aliphatic rings. The lowest BCUT2D eigenvalue weighted by atomic mass is 9.99. The van der Waals surface area contributed by atoms with Crippen molar-refractivity contribution in [2.45, 2.75) is 12.8 Å². The van der Waals surface area contributed by atoms with Gasteiger partial charge in [-0.15, -0.1) is 0 Å². The average Bonchev–Trinajstić information content (AvgIpc) is 2.71. The number of hydrogen-bond donors (Lipinski definition) is 0. The molecule has 2 aromatic rings. The highest BCUT2D eigenvalue weighted by atomic mass is 79.9. The summed E-state index contributed by atoms with van der Waals surface area (Å²) < 4.78 is 44.5. The largest absolute Gasteiger partial charge is 0.454 e. The molecule has 1 aliphatic heterocycles. The molecule has 6 nitrogen and oxygen atoms in total. The first kappa shape index (κ1) is 22.2. The normalized spacial score (nSPS) is 13.9. The molecule has 0 bridgehead atoms. The van der Waals surface area contributed by atoms with E-state index in [0.717, 1.165) is 17.9 Å². The lowest BCUT2D eigenvalue weighted by molar-refractivity contribution is -0.136. The fraction of sp³-hybridized carbons (Fsp3) is 0.238. The average molecular weight is 496 g/mol. The number of ether oxygens (including phenoxy) is 1. The number of ketones is 1. The van der Waals surface area contributed by atoms with Crippen LogP contribution >= 0.6 is 15.9 Å². The monoisotopic (exact) mass is 495 g/mol. The molecule has 0 saturated heterocycles. The number of halogens is 2. The van der Waals surface area contributed by atoms with E-state index in [4.69, 9.17) is 4.74 Å². The maximum Gasteiger partial charge on any atom is 0.331 e. The van der Waals surface area contributed by atoms with Crippen molar-refractivity contribution in [3.05, 3.63) is 69.5 Å². The highest BCUT2D eigenvalue weighted by Gasteiger charge is 2.24. The van der Waals surface area contributed by atoms with Gasteiger partial charge < -0.3 is 4.74 Å². The summed E-state index contributed by atoms with van der Waals surface area (Å²) in [5, 5.41) is 0. The zero-order valence-corrected chi connectivity index (χ0v) is 18.5. The molecule has 0 atom stereocenters. The molecule has 9 heteroatoms. The summed E-state index contributed by atoms with van der Waals surface area (Å²) in [5.41, 5.74) is 1.86. The smallest absolute Gasteiger partial charge is 0.331 e. The van der Waals surface area contributed by atoms with Gasteiger partial charge in [-0.1, -0.05) is 15.9 Å². The highest BCUT2D eigenvalue weighted by molar-refractivity contribution is 9.10.